The van der Waals surface area contributed by atoms with Crippen LogP contribution in [0.4, 0.5) is 5.69 Å². The molecule has 2 N–H and O–H groups in total. The zero-order chi connectivity index (χ0) is 22.8. The van der Waals surface area contributed by atoms with Gasteiger partial charge < -0.3 is 10.2 Å². The molecule has 2 aromatic carbocycles. The van der Waals surface area contributed by atoms with Crippen LogP contribution in [0.1, 0.15) is 41.3 Å². The van der Waals surface area contributed by atoms with E-state index in [1.807, 2.05) is 19.9 Å². The summed E-state index contributed by atoms with van der Waals surface area (Å²) >= 11 is 6.18. The molecule has 1 saturated heterocycles. The topological polar surface area (TPSA) is 78.5 Å². The molecule has 0 unspecified atom stereocenters. The number of aryl methyl sites for hydroxylation is 2. The number of likely N-dealkylation sites (tertiary alicyclic amines) is 1. The molecule has 1 atom stereocenters. The van der Waals surface area contributed by atoms with Crippen LogP contribution in [0.3, 0.4) is 0 Å². The van der Waals surface area contributed by atoms with E-state index < -0.39 is 10.0 Å². The van der Waals surface area contributed by atoms with Gasteiger partial charge >= 0.3 is 0 Å². The van der Waals surface area contributed by atoms with Crippen LogP contribution in [-0.2, 0) is 10.0 Å². The number of benzene rings is 2. The molecule has 1 aliphatic heterocycles. The highest BCUT2D eigenvalue weighted by Crippen LogP contribution is 2.25. The Bertz CT molecular complexity index is 1050. The minimum absolute atomic E-state index is 0. The summed E-state index contributed by atoms with van der Waals surface area (Å²) in [6, 6.07) is 9.86. The molecule has 6 nitrogen and oxygen atoms in total. The molecule has 0 saturated carbocycles. The highest BCUT2D eigenvalue weighted by molar-refractivity contribution is 7.89. The number of rotatable bonds is 6. The molecule has 1 aliphatic rings. The zero-order valence-electron chi connectivity index (χ0n) is 18.8. The monoisotopic (exact) mass is 499 g/mol. The van der Waals surface area contributed by atoms with E-state index in [4.69, 9.17) is 11.6 Å². The molecule has 1 amide bonds. The van der Waals surface area contributed by atoms with E-state index >= 15 is 0 Å². The molecular weight excluding hydrogens is 469 g/mol. The minimum Gasteiger partial charge on any atom is -0.322 e. The first-order valence-corrected chi connectivity index (χ1v) is 12.3. The van der Waals surface area contributed by atoms with Gasteiger partial charge in [0.1, 0.15) is 0 Å². The van der Waals surface area contributed by atoms with Gasteiger partial charge in [-0.05, 0) is 95.1 Å². The van der Waals surface area contributed by atoms with Crippen LogP contribution in [0.2, 0.25) is 5.02 Å². The Labute approximate surface area is 202 Å². The summed E-state index contributed by atoms with van der Waals surface area (Å²) in [4.78, 5) is 15.2. The number of nitrogens with zero attached hydrogens (tertiary/aromatic N) is 1. The third-order valence-corrected chi connectivity index (χ3v) is 7.89. The Kier molecular flexibility index (Phi) is 9.14. The summed E-state index contributed by atoms with van der Waals surface area (Å²) in [6.45, 7) is 7.49. The van der Waals surface area contributed by atoms with E-state index in [2.05, 4.69) is 22.0 Å². The van der Waals surface area contributed by atoms with Gasteiger partial charge in [-0.15, -0.1) is 12.4 Å². The maximum Gasteiger partial charge on any atom is 0.257 e. The number of hydrogen-bond donors (Lipinski definition) is 2. The first-order chi connectivity index (χ1) is 14.6. The van der Waals surface area contributed by atoms with Gasteiger partial charge in [-0.3, -0.25) is 4.79 Å². The second-order valence-electron chi connectivity index (χ2n) is 8.41. The predicted octanol–water partition coefficient (Wildman–Crippen LogP) is 4.64. The van der Waals surface area contributed by atoms with Crippen molar-refractivity contribution >= 4 is 45.6 Å². The summed E-state index contributed by atoms with van der Waals surface area (Å²) in [5, 5.41) is 3.22. The average molecular weight is 500 g/mol. The average Bonchev–Trinajstić information content (AvgIpc) is 2.69. The Morgan fingerprint density at radius 2 is 1.78 bits per heavy atom. The smallest absolute Gasteiger partial charge is 0.257 e. The Hall–Kier alpha value is -1.64. The third kappa shape index (κ3) is 6.23. The molecule has 0 aromatic heterocycles. The molecule has 2 aromatic rings. The van der Waals surface area contributed by atoms with E-state index in [0.29, 0.717) is 27.8 Å². The van der Waals surface area contributed by atoms with Crippen molar-refractivity contribution in [2.24, 2.45) is 5.92 Å². The molecule has 3 rings (SSSR count). The highest BCUT2D eigenvalue weighted by Gasteiger charge is 2.27. The van der Waals surface area contributed by atoms with Gasteiger partial charge in [0.2, 0.25) is 10.0 Å². The summed E-state index contributed by atoms with van der Waals surface area (Å²) in [5.74, 6) is 0.000291. The lowest BCUT2D eigenvalue weighted by molar-refractivity contribution is 0.102. The van der Waals surface area contributed by atoms with E-state index in [9.17, 15) is 13.2 Å². The van der Waals surface area contributed by atoms with Crippen LogP contribution >= 0.6 is 24.0 Å². The lowest BCUT2D eigenvalue weighted by Crippen LogP contribution is -2.42. The van der Waals surface area contributed by atoms with E-state index in [1.54, 1.807) is 31.2 Å². The number of amides is 1. The number of halogens is 2. The molecule has 0 radical (unpaired) electrons. The number of carbonyl (C=O) groups is 1. The summed E-state index contributed by atoms with van der Waals surface area (Å²) in [7, 11) is -1.57. The van der Waals surface area contributed by atoms with Crippen LogP contribution < -0.4 is 10.0 Å². The van der Waals surface area contributed by atoms with Gasteiger partial charge in [-0.25, -0.2) is 13.1 Å². The minimum atomic E-state index is -3.65. The van der Waals surface area contributed by atoms with Crippen molar-refractivity contribution in [3.8, 4) is 0 Å². The molecule has 0 aliphatic carbocycles. The number of nitrogens with one attached hydrogen (secondary N) is 2. The largest absolute Gasteiger partial charge is 0.322 e. The number of piperidine rings is 1. The van der Waals surface area contributed by atoms with Crippen LogP contribution in [-0.4, -0.2) is 45.4 Å². The fourth-order valence-electron chi connectivity index (χ4n) is 3.99. The van der Waals surface area contributed by atoms with Crippen LogP contribution in [0.25, 0.3) is 0 Å². The van der Waals surface area contributed by atoms with Crippen molar-refractivity contribution in [3.63, 3.8) is 0 Å². The highest BCUT2D eigenvalue weighted by atomic mass is 35.5. The van der Waals surface area contributed by atoms with Crippen LogP contribution in [0, 0.1) is 19.8 Å². The fraction of sp³-hybridized carbons (Fsp3) is 0.435. The maximum absolute atomic E-state index is 12.9. The van der Waals surface area contributed by atoms with Gasteiger partial charge in [0.05, 0.1) is 15.5 Å². The van der Waals surface area contributed by atoms with Gasteiger partial charge in [0, 0.05) is 11.7 Å². The summed E-state index contributed by atoms with van der Waals surface area (Å²) < 4.78 is 28.7. The molecule has 1 fully saturated rings. The normalized spacial score (nSPS) is 16.3. The maximum atomic E-state index is 12.9. The number of carbonyl (C=O) groups excluding carboxylic acids is 1. The van der Waals surface area contributed by atoms with Crippen molar-refractivity contribution in [2.75, 3.05) is 25.5 Å². The summed E-state index contributed by atoms with van der Waals surface area (Å²) in [5.41, 5.74) is 2.39. The Morgan fingerprint density at radius 3 is 2.38 bits per heavy atom. The Morgan fingerprint density at radius 1 is 1.12 bits per heavy atom. The van der Waals surface area contributed by atoms with Crippen molar-refractivity contribution in [1.29, 1.82) is 0 Å². The first-order valence-electron chi connectivity index (χ1n) is 10.5. The number of sulfonamides is 1. The summed E-state index contributed by atoms with van der Waals surface area (Å²) in [6.07, 6.45) is 1.96. The molecule has 9 heteroatoms. The van der Waals surface area contributed by atoms with E-state index in [-0.39, 0.29) is 29.3 Å². The van der Waals surface area contributed by atoms with Gasteiger partial charge in [-0.2, -0.15) is 0 Å². The predicted molar refractivity (Wildman–Crippen MR) is 133 cm³/mol. The number of anilines is 1. The van der Waals surface area contributed by atoms with Gasteiger partial charge in [0.15, 0.2) is 0 Å². The van der Waals surface area contributed by atoms with Crippen molar-refractivity contribution in [1.82, 2.24) is 9.62 Å². The zero-order valence-corrected chi connectivity index (χ0v) is 21.2. The second-order valence-corrected chi connectivity index (χ2v) is 10.5. The first kappa shape index (κ1) is 26.6. The lowest BCUT2D eigenvalue weighted by atomic mass is 9.91. The third-order valence-electron chi connectivity index (χ3n) is 6.02. The SMILES string of the molecule is Cc1cc(S(=O)(=O)N[C@H](C)C2CCN(C)CC2)ccc1NC(=O)c1c(C)cccc1Cl.Cl. The fourth-order valence-corrected chi connectivity index (χ4v) is 5.69. The van der Waals surface area contributed by atoms with E-state index in [1.165, 1.54) is 6.07 Å². The number of hydrogen-bond acceptors (Lipinski definition) is 4. The Balaban J connectivity index is 0.00000363. The molecule has 1 heterocycles. The molecule has 0 bridgehead atoms. The van der Waals surface area contributed by atoms with Crippen molar-refractivity contribution in [2.45, 2.75) is 44.6 Å². The molecule has 0 spiro atoms. The van der Waals surface area contributed by atoms with E-state index in [0.717, 1.165) is 31.5 Å². The van der Waals surface area contributed by atoms with Crippen LogP contribution in [0.15, 0.2) is 41.3 Å². The van der Waals surface area contributed by atoms with Crippen LogP contribution in [0.5, 0.6) is 0 Å². The van der Waals surface area contributed by atoms with Crippen molar-refractivity contribution in [3.05, 3.63) is 58.1 Å². The molecule has 176 valence electrons. The quantitative estimate of drug-likeness (QED) is 0.606. The second kappa shape index (κ2) is 11.0. The van der Waals surface area contributed by atoms with Gasteiger partial charge in [0.25, 0.3) is 5.91 Å². The standard InChI is InChI=1S/C23H30ClN3O3S.ClH/c1-15-6-5-7-20(24)22(15)23(28)25-21-9-8-19(14-16(21)2)31(29,30)26-17(3)18-10-12-27(4)13-11-18;/h5-9,14,17-18,26H,10-13H2,1-4H3,(H,25,28);1H/t17-;/m1./s1. The molecular formula is C23H31Cl2N3O3S. The lowest BCUT2D eigenvalue weighted by Gasteiger charge is -2.32. The van der Waals surface area contributed by atoms with Crippen molar-refractivity contribution < 1.29 is 13.2 Å². The molecule has 32 heavy (non-hydrogen) atoms. The van der Waals surface area contributed by atoms with Gasteiger partial charge in [-0.1, -0.05) is 23.7 Å².